The molecule has 0 saturated carbocycles. The number of hydrogen-bond donors (Lipinski definition) is 4. The number of aliphatic hydroxyl groups is 3. The lowest BCUT2D eigenvalue weighted by Gasteiger charge is -2.18. The van der Waals surface area contributed by atoms with E-state index in [0.29, 0.717) is 23.3 Å². The van der Waals surface area contributed by atoms with Crippen LogP contribution in [0.4, 0.5) is 0 Å². The smallest absolute Gasteiger partial charge is 0.105 e. The third-order valence-corrected chi connectivity index (χ3v) is 3.40. The van der Waals surface area contributed by atoms with Crippen LogP contribution >= 0.6 is 28.6 Å². The number of hydrogen-bond acceptors (Lipinski definition) is 4. The van der Waals surface area contributed by atoms with Crippen molar-refractivity contribution in [1.29, 1.82) is 0 Å². The van der Waals surface area contributed by atoms with Gasteiger partial charge in [0.25, 0.3) is 0 Å². The molecule has 3 nitrogen and oxygen atoms in total. The maximum atomic E-state index is 9.85. The molecule has 0 aromatic heterocycles. The minimum absolute atomic E-state index is 0.107. The van der Waals surface area contributed by atoms with E-state index in [0.717, 1.165) is 4.47 Å². The number of thiol groups is 1. The Balaban J connectivity index is 2.87. The molecular formula is C11H15BrO3S. The zero-order valence-corrected chi connectivity index (χ0v) is 11.2. The number of halogens is 1. The first-order valence-electron chi connectivity index (χ1n) is 4.96. The van der Waals surface area contributed by atoms with Gasteiger partial charge in [-0.1, -0.05) is 22.0 Å². The predicted octanol–water partition coefficient (Wildman–Crippen LogP) is 1.66. The Morgan fingerprint density at radius 2 is 2.00 bits per heavy atom. The highest BCUT2D eigenvalue weighted by atomic mass is 79.9. The highest BCUT2D eigenvalue weighted by Crippen LogP contribution is 2.25. The Labute approximate surface area is 109 Å². The fraction of sp³-hybridized carbons (Fsp3) is 0.455. The molecule has 0 bridgehead atoms. The van der Waals surface area contributed by atoms with Gasteiger partial charge in [-0.15, -0.1) is 0 Å². The molecule has 0 fully saturated rings. The van der Waals surface area contributed by atoms with Gasteiger partial charge in [-0.05, 0) is 35.4 Å². The van der Waals surface area contributed by atoms with Gasteiger partial charge in [0.15, 0.2) is 0 Å². The summed E-state index contributed by atoms with van der Waals surface area (Å²) in [5.41, 5.74) is 1.29. The first kappa shape index (κ1) is 14.0. The van der Waals surface area contributed by atoms with Crippen molar-refractivity contribution in [3.63, 3.8) is 0 Å². The zero-order chi connectivity index (χ0) is 12.1. The van der Waals surface area contributed by atoms with E-state index in [1.165, 1.54) is 0 Å². The van der Waals surface area contributed by atoms with E-state index in [2.05, 4.69) is 28.6 Å². The lowest BCUT2D eigenvalue weighted by Crippen LogP contribution is -2.18. The van der Waals surface area contributed by atoms with Gasteiger partial charge in [0.2, 0.25) is 0 Å². The molecule has 0 heterocycles. The second kappa shape index (κ2) is 6.61. The van der Waals surface area contributed by atoms with Gasteiger partial charge < -0.3 is 15.3 Å². The monoisotopic (exact) mass is 306 g/mol. The van der Waals surface area contributed by atoms with Crippen LogP contribution in [0.2, 0.25) is 0 Å². The van der Waals surface area contributed by atoms with Crippen LogP contribution in [0.15, 0.2) is 22.7 Å². The summed E-state index contributed by atoms with van der Waals surface area (Å²) in [6.45, 7) is -0.107. The molecule has 1 rings (SSSR count). The second-order valence-corrected chi connectivity index (χ2v) is 4.83. The summed E-state index contributed by atoms with van der Waals surface area (Å²) >= 11 is 7.29. The van der Waals surface area contributed by atoms with Crippen LogP contribution in [0.3, 0.4) is 0 Å². The van der Waals surface area contributed by atoms with Crippen LogP contribution < -0.4 is 0 Å². The maximum absolute atomic E-state index is 9.85. The maximum Gasteiger partial charge on any atom is 0.105 e. The summed E-state index contributed by atoms with van der Waals surface area (Å²) in [5, 5.41) is 28.6. The molecule has 0 amide bonds. The van der Waals surface area contributed by atoms with Crippen LogP contribution in [0.1, 0.15) is 23.7 Å². The molecule has 1 aromatic rings. The lowest BCUT2D eigenvalue weighted by atomic mass is 10.0. The predicted molar refractivity (Wildman–Crippen MR) is 69.5 cm³/mol. The van der Waals surface area contributed by atoms with Crippen LogP contribution in [-0.2, 0) is 6.61 Å². The van der Waals surface area contributed by atoms with Crippen LogP contribution in [0.5, 0.6) is 0 Å². The summed E-state index contributed by atoms with van der Waals surface area (Å²) in [6, 6.07) is 5.14. The Morgan fingerprint density at radius 1 is 1.31 bits per heavy atom. The van der Waals surface area contributed by atoms with Crippen molar-refractivity contribution in [1.82, 2.24) is 0 Å². The molecule has 1 aromatic carbocycles. The summed E-state index contributed by atoms with van der Waals surface area (Å²) in [6.07, 6.45) is -1.34. The van der Waals surface area contributed by atoms with Gasteiger partial charge in [-0.2, -0.15) is 12.6 Å². The van der Waals surface area contributed by atoms with Gasteiger partial charge in [-0.25, -0.2) is 0 Å². The molecule has 0 saturated heterocycles. The molecule has 0 aliphatic heterocycles. The van der Waals surface area contributed by atoms with E-state index >= 15 is 0 Å². The van der Waals surface area contributed by atoms with Crippen LogP contribution in [0, 0.1) is 0 Å². The van der Waals surface area contributed by atoms with Gasteiger partial charge >= 0.3 is 0 Å². The molecule has 16 heavy (non-hydrogen) atoms. The Bertz CT molecular complexity index is 346. The fourth-order valence-electron chi connectivity index (χ4n) is 1.41. The van der Waals surface area contributed by atoms with Crippen molar-refractivity contribution in [3.8, 4) is 0 Å². The number of aliphatic hydroxyl groups excluding tert-OH is 3. The van der Waals surface area contributed by atoms with Crippen molar-refractivity contribution >= 4 is 28.6 Å². The zero-order valence-electron chi connectivity index (χ0n) is 8.67. The molecule has 0 spiro atoms. The van der Waals surface area contributed by atoms with Crippen molar-refractivity contribution in [3.05, 3.63) is 33.8 Å². The SMILES string of the molecule is OCc1cc(C(O)C(O)CCS)ccc1Br. The van der Waals surface area contributed by atoms with Crippen LogP contribution in [0.25, 0.3) is 0 Å². The minimum atomic E-state index is -0.939. The molecule has 5 heteroatoms. The molecule has 3 N–H and O–H groups in total. The van der Waals surface area contributed by atoms with Crippen molar-refractivity contribution in [2.45, 2.75) is 25.2 Å². The minimum Gasteiger partial charge on any atom is -0.392 e. The van der Waals surface area contributed by atoms with E-state index in [1.54, 1.807) is 18.2 Å². The average Bonchev–Trinajstić information content (AvgIpc) is 2.29. The summed E-state index contributed by atoms with van der Waals surface area (Å²) in [7, 11) is 0. The third kappa shape index (κ3) is 3.46. The van der Waals surface area contributed by atoms with Crippen molar-refractivity contribution < 1.29 is 15.3 Å². The first-order chi connectivity index (χ1) is 7.60. The number of rotatable bonds is 5. The third-order valence-electron chi connectivity index (χ3n) is 2.37. The molecule has 2 unspecified atom stereocenters. The van der Waals surface area contributed by atoms with Crippen LogP contribution in [-0.4, -0.2) is 27.2 Å². The quantitative estimate of drug-likeness (QED) is 0.626. The summed E-state index contributed by atoms with van der Waals surface area (Å²) in [4.78, 5) is 0. The first-order valence-corrected chi connectivity index (χ1v) is 6.39. The van der Waals surface area contributed by atoms with Crippen molar-refractivity contribution in [2.24, 2.45) is 0 Å². The molecule has 0 aliphatic rings. The van der Waals surface area contributed by atoms with E-state index in [1.807, 2.05) is 0 Å². The van der Waals surface area contributed by atoms with Crippen molar-refractivity contribution in [2.75, 3.05) is 5.75 Å². The lowest BCUT2D eigenvalue weighted by molar-refractivity contribution is 0.0171. The molecule has 90 valence electrons. The van der Waals surface area contributed by atoms with Gasteiger partial charge in [-0.3, -0.25) is 0 Å². The van der Waals surface area contributed by atoms with Gasteiger partial charge in [0.1, 0.15) is 6.10 Å². The Morgan fingerprint density at radius 3 is 2.56 bits per heavy atom. The normalized spacial score (nSPS) is 14.8. The molecule has 0 aliphatic carbocycles. The highest BCUT2D eigenvalue weighted by Gasteiger charge is 2.18. The highest BCUT2D eigenvalue weighted by molar-refractivity contribution is 9.10. The largest absolute Gasteiger partial charge is 0.392 e. The second-order valence-electron chi connectivity index (χ2n) is 3.53. The molecular weight excluding hydrogens is 292 g/mol. The van der Waals surface area contributed by atoms with E-state index in [9.17, 15) is 10.2 Å². The van der Waals surface area contributed by atoms with Gasteiger partial charge in [0.05, 0.1) is 12.7 Å². The molecule has 2 atom stereocenters. The topological polar surface area (TPSA) is 60.7 Å². The van der Waals surface area contributed by atoms with E-state index in [-0.39, 0.29) is 6.61 Å². The Hall–Kier alpha value is -0.0700. The standard InChI is InChI=1S/C11H15BrO3S/c12-9-2-1-7(5-8(9)6-13)11(15)10(14)3-4-16/h1-2,5,10-11,13-16H,3-4,6H2. The molecule has 0 radical (unpaired) electrons. The number of benzene rings is 1. The Kier molecular flexibility index (Phi) is 5.78. The average molecular weight is 307 g/mol. The summed E-state index contributed by atoms with van der Waals surface area (Å²) < 4.78 is 0.787. The van der Waals surface area contributed by atoms with E-state index in [4.69, 9.17) is 5.11 Å². The van der Waals surface area contributed by atoms with E-state index < -0.39 is 12.2 Å². The van der Waals surface area contributed by atoms with Gasteiger partial charge in [0, 0.05) is 4.47 Å². The fourth-order valence-corrected chi connectivity index (χ4v) is 2.05. The summed E-state index contributed by atoms with van der Waals surface area (Å²) in [5.74, 6) is 0.515.